The lowest BCUT2D eigenvalue weighted by Crippen LogP contribution is -2.39. The van der Waals surface area contributed by atoms with Gasteiger partial charge in [-0.25, -0.2) is 4.98 Å². The fraction of sp³-hybridized carbons (Fsp3) is 0.733. The molecular weight excluding hydrogens is 238 g/mol. The van der Waals surface area contributed by atoms with Crippen molar-refractivity contribution in [2.24, 2.45) is 5.92 Å². The van der Waals surface area contributed by atoms with Gasteiger partial charge >= 0.3 is 0 Å². The van der Waals surface area contributed by atoms with Gasteiger partial charge in [-0.05, 0) is 18.8 Å². The molecule has 4 heteroatoms. The molecule has 0 bridgehead atoms. The molecule has 0 radical (unpaired) electrons. The molecule has 1 aliphatic rings. The molecule has 0 unspecified atom stereocenters. The molecule has 4 nitrogen and oxygen atoms in total. The van der Waals surface area contributed by atoms with Gasteiger partial charge in [-0.3, -0.25) is 4.79 Å². The Kier molecular flexibility index (Phi) is 4.61. The van der Waals surface area contributed by atoms with Crippen LogP contribution in [0, 0.1) is 5.92 Å². The first-order valence-corrected chi connectivity index (χ1v) is 7.40. The van der Waals surface area contributed by atoms with Crippen LogP contribution in [0.1, 0.15) is 51.8 Å². The van der Waals surface area contributed by atoms with Crippen LogP contribution < -0.4 is 0 Å². The number of nitrogens with zero attached hydrogens (tertiary/aromatic N) is 3. The minimum atomic E-state index is 0.295. The van der Waals surface area contributed by atoms with E-state index in [2.05, 4.69) is 29.6 Å². The summed E-state index contributed by atoms with van der Waals surface area (Å²) in [5.74, 6) is 2.61. The minimum Gasteiger partial charge on any atom is -0.343 e. The van der Waals surface area contributed by atoms with Gasteiger partial charge in [0.1, 0.15) is 5.82 Å². The average Bonchev–Trinajstić information content (AvgIpc) is 2.87. The third-order valence-electron chi connectivity index (χ3n) is 3.99. The van der Waals surface area contributed by atoms with Crippen LogP contribution in [-0.2, 0) is 11.3 Å². The van der Waals surface area contributed by atoms with E-state index in [0.29, 0.717) is 24.2 Å². The summed E-state index contributed by atoms with van der Waals surface area (Å²) in [6.45, 7) is 9.19. The Balaban J connectivity index is 1.89. The number of carbonyl (C=O) groups excluding carboxylic acids is 1. The zero-order chi connectivity index (χ0) is 13.8. The van der Waals surface area contributed by atoms with Crippen molar-refractivity contribution in [1.29, 1.82) is 0 Å². The van der Waals surface area contributed by atoms with Gasteiger partial charge in [0.25, 0.3) is 0 Å². The van der Waals surface area contributed by atoms with E-state index in [0.717, 1.165) is 32.5 Å². The summed E-state index contributed by atoms with van der Waals surface area (Å²) in [5, 5.41) is 0. The van der Waals surface area contributed by atoms with Gasteiger partial charge in [0.05, 0.1) is 0 Å². The zero-order valence-corrected chi connectivity index (χ0v) is 12.3. The Morgan fingerprint density at radius 1 is 1.42 bits per heavy atom. The summed E-state index contributed by atoms with van der Waals surface area (Å²) >= 11 is 0. The topological polar surface area (TPSA) is 38.1 Å². The molecule has 19 heavy (non-hydrogen) atoms. The van der Waals surface area contributed by atoms with Crippen molar-refractivity contribution in [3.8, 4) is 0 Å². The summed E-state index contributed by atoms with van der Waals surface area (Å²) in [7, 11) is 0. The van der Waals surface area contributed by atoms with Crippen molar-refractivity contribution in [3.63, 3.8) is 0 Å². The van der Waals surface area contributed by atoms with E-state index in [1.807, 2.05) is 18.0 Å². The second-order valence-electron chi connectivity index (χ2n) is 5.77. The molecule has 2 rings (SSSR count). The maximum atomic E-state index is 11.6. The Bertz CT molecular complexity index is 417. The second-order valence-corrected chi connectivity index (χ2v) is 5.77. The Labute approximate surface area is 115 Å². The van der Waals surface area contributed by atoms with Crippen LogP contribution in [0.4, 0.5) is 0 Å². The number of hydrogen-bond acceptors (Lipinski definition) is 2. The van der Waals surface area contributed by atoms with Crippen molar-refractivity contribution in [2.75, 3.05) is 13.1 Å². The van der Waals surface area contributed by atoms with Crippen LogP contribution in [0.3, 0.4) is 0 Å². The quantitative estimate of drug-likeness (QED) is 0.837. The van der Waals surface area contributed by atoms with E-state index < -0.39 is 0 Å². The smallest absolute Gasteiger partial charge is 0.222 e. The predicted molar refractivity (Wildman–Crippen MR) is 75.9 cm³/mol. The highest BCUT2D eigenvalue weighted by atomic mass is 16.2. The van der Waals surface area contributed by atoms with Crippen molar-refractivity contribution in [1.82, 2.24) is 14.5 Å². The molecule has 1 aliphatic heterocycles. The number of likely N-dealkylation sites (tertiary alicyclic amines) is 1. The number of imidazole rings is 1. The van der Waals surface area contributed by atoms with Gasteiger partial charge < -0.3 is 9.47 Å². The standard InChI is InChI=1S/C15H25N3O/c1-4-14(19)17-8-5-13(6-9-17)11-18-10-7-16-15(18)12(2)3/h7,10,12-13H,4-6,8-9,11H2,1-3H3. The maximum absolute atomic E-state index is 11.6. The van der Waals surface area contributed by atoms with Gasteiger partial charge in [-0.1, -0.05) is 20.8 Å². The average molecular weight is 263 g/mol. The Hall–Kier alpha value is -1.32. The maximum Gasteiger partial charge on any atom is 0.222 e. The molecular formula is C15H25N3O. The van der Waals surface area contributed by atoms with Crippen molar-refractivity contribution < 1.29 is 4.79 Å². The van der Waals surface area contributed by atoms with Crippen LogP contribution in [0.2, 0.25) is 0 Å². The molecule has 1 fully saturated rings. The SMILES string of the molecule is CCC(=O)N1CCC(Cn2ccnc2C(C)C)CC1. The summed E-state index contributed by atoms with van der Waals surface area (Å²) in [6, 6.07) is 0. The first kappa shape index (κ1) is 14.1. The summed E-state index contributed by atoms with van der Waals surface area (Å²) < 4.78 is 2.28. The van der Waals surface area contributed by atoms with Crippen LogP contribution in [-0.4, -0.2) is 33.4 Å². The van der Waals surface area contributed by atoms with Crippen molar-refractivity contribution in [2.45, 2.75) is 52.5 Å². The molecule has 1 amide bonds. The van der Waals surface area contributed by atoms with E-state index >= 15 is 0 Å². The number of rotatable bonds is 4. The first-order chi connectivity index (χ1) is 9.11. The lowest BCUT2D eigenvalue weighted by atomic mass is 9.96. The normalized spacial score (nSPS) is 17.2. The number of amides is 1. The predicted octanol–water partition coefficient (Wildman–Crippen LogP) is 2.66. The molecule has 0 spiro atoms. The summed E-state index contributed by atoms with van der Waals surface area (Å²) in [5.41, 5.74) is 0. The number of aromatic nitrogens is 2. The number of hydrogen-bond donors (Lipinski definition) is 0. The highest BCUT2D eigenvalue weighted by Gasteiger charge is 2.22. The second kappa shape index (κ2) is 6.22. The number of piperidine rings is 1. The molecule has 2 heterocycles. The Morgan fingerprint density at radius 2 is 2.11 bits per heavy atom. The van der Waals surface area contributed by atoms with Gasteiger partial charge in [-0.2, -0.15) is 0 Å². The van der Waals surface area contributed by atoms with E-state index in [4.69, 9.17) is 0 Å². The van der Waals surface area contributed by atoms with E-state index in [9.17, 15) is 4.79 Å². The monoisotopic (exact) mass is 263 g/mol. The molecule has 0 aromatic carbocycles. The zero-order valence-electron chi connectivity index (χ0n) is 12.3. The third kappa shape index (κ3) is 3.37. The highest BCUT2D eigenvalue weighted by Crippen LogP contribution is 2.21. The van der Waals surface area contributed by atoms with Gasteiger partial charge in [0, 0.05) is 44.4 Å². The third-order valence-corrected chi connectivity index (χ3v) is 3.99. The number of carbonyl (C=O) groups is 1. The fourth-order valence-electron chi connectivity index (χ4n) is 2.84. The lowest BCUT2D eigenvalue weighted by molar-refractivity contribution is -0.132. The van der Waals surface area contributed by atoms with Gasteiger partial charge in [0.15, 0.2) is 0 Å². The lowest BCUT2D eigenvalue weighted by Gasteiger charge is -2.32. The molecule has 1 saturated heterocycles. The van der Waals surface area contributed by atoms with Crippen LogP contribution in [0.5, 0.6) is 0 Å². The van der Waals surface area contributed by atoms with E-state index in [-0.39, 0.29) is 0 Å². The van der Waals surface area contributed by atoms with Crippen molar-refractivity contribution >= 4 is 5.91 Å². The van der Waals surface area contributed by atoms with Gasteiger partial charge in [0.2, 0.25) is 5.91 Å². The molecule has 1 aromatic rings. The molecule has 1 aromatic heterocycles. The fourth-order valence-corrected chi connectivity index (χ4v) is 2.84. The molecule has 0 saturated carbocycles. The first-order valence-electron chi connectivity index (χ1n) is 7.40. The summed E-state index contributed by atoms with van der Waals surface area (Å²) in [4.78, 5) is 18.1. The van der Waals surface area contributed by atoms with Crippen LogP contribution in [0.25, 0.3) is 0 Å². The highest BCUT2D eigenvalue weighted by molar-refractivity contribution is 5.75. The van der Waals surface area contributed by atoms with Crippen molar-refractivity contribution in [3.05, 3.63) is 18.2 Å². The van der Waals surface area contributed by atoms with Gasteiger partial charge in [-0.15, -0.1) is 0 Å². The summed E-state index contributed by atoms with van der Waals surface area (Å²) in [6.07, 6.45) is 6.83. The molecule has 0 aliphatic carbocycles. The molecule has 0 N–H and O–H groups in total. The van der Waals surface area contributed by atoms with Crippen LogP contribution in [0.15, 0.2) is 12.4 Å². The van der Waals surface area contributed by atoms with E-state index in [1.165, 1.54) is 5.82 Å². The Morgan fingerprint density at radius 3 is 2.68 bits per heavy atom. The van der Waals surface area contributed by atoms with E-state index in [1.54, 1.807) is 0 Å². The largest absolute Gasteiger partial charge is 0.343 e. The molecule has 0 atom stereocenters. The molecule has 106 valence electrons. The minimum absolute atomic E-state index is 0.295. The van der Waals surface area contributed by atoms with Crippen LogP contribution >= 0.6 is 0 Å².